The molecule has 0 aromatic carbocycles. The summed E-state index contributed by atoms with van der Waals surface area (Å²) in [6.45, 7) is 3.53. The third-order valence-corrected chi connectivity index (χ3v) is 3.80. The molecule has 0 aromatic heterocycles. The molecule has 0 aromatic rings. The van der Waals surface area contributed by atoms with Crippen molar-refractivity contribution in [2.24, 2.45) is 0 Å². The van der Waals surface area contributed by atoms with Gasteiger partial charge in [-0.3, -0.25) is 4.90 Å². The molecule has 3 heteroatoms. The molecule has 0 spiro atoms. The highest BCUT2D eigenvalue weighted by molar-refractivity contribution is 8.03. The summed E-state index contributed by atoms with van der Waals surface area (Å²) in [6, 6.07) is 0. The summed E-state index contributed by atoms with van der Waals surface area (Å²) < 4.78 is 0. The van der Waals surface area contributed by atoms with Gasteiger partial charge in [-0.25, -0.2) is 0 Å². The first kappa shape index (κ1) is 8.75. The van der Waals surface area contributed by atoms with Crippen molar-refractivity contribution >= 4 is 23.5 Å². The molecule has 0 aliphatic carbocycles. The van der Waals surface area contributed by atoms with Crippen molar-refractivity contribution in [3.63, 3.8) is 0 Å². The monoisotopic (exact) mass is 177 g/mol. The molecule has 1 aliphatic rings. The van der Waals surface area contributed by atoms with E-state index in [0.717, 1.165) is 0 Å². The van der Waals surface area contributed by atoms with E-state index in [1.165, 1.54) is 36.2 Å². The van der Waals surface area contributed by atoms with E-state index in [1.807, 2.05) is 0 Å². The molecule has 0 radical (unpaired) electrons. The number of nitrogens with zero attached hydrogens (tertiary/aromatic N) is 1. The van der Waals surface area contributed by atoms with E-state index >= 15 is 0 Å². The third kappa shape index (κ3) is 3.17. The Labute approximate surface area is 71.9 Å². The van der Waals surface area contributed by atoms with Crippen LogP contribution in [0, 0.1) is 0 Å². The fourth-order valence-corrected chi connectivity index (χ4v) is 3.26. The second-order valence-electron chi connectivity index (χ2n) is 2.47. The average Bonchev–Trinajstić information content (AvgIpc) is 2.17. The van der Waals surface area contributed by atoms with Gasteiger partial charge in [0.15, 0.2) is 0 Å². The lowest BCUT2D eigenvalue weighted by molar-refractivity contribution is 0.379. The predicted octanol–water partition coefficient (Wildman–Crippen LogP) is 2.09. The lowest BCUT2D eigenvalue weighted by atomic mass is 10.5. The number of thioether (sulfide) groups is 2. The van der Waals surface area contributed by atoms with Gasteiger partial charge < -0.3 is 0 Å². The summed E-state index contributed by atoms with van der Waals surface area (Å²) in [5.74, 6) is 5.18. The molecule has 0 unspecified atom stereocenters. The fourth-order valence-electron chi connectivity index (χ4n) is 0.988. The summed E-state index contributed by atoms with van der Waals surface area (Å²) >= 11 is 4.14. The summed E-state index contributed by atoms with van der Waals surface area (Å²) in [6.07, 6.45) is 1.29. The Kier molecular flexibility index (Phi) is 4.66. The van der Waals surface area contributed by atoms with Crippen molar-refractivity contribution < 1.29 is 0 Å². The minimum absolute atomic E-state index is 1.25. The van der Waals surface area contributed by atoms with Crippen LogP contribution in [0.15, 0.2) is 0 Å². The molecule has 0 N–H and O–H groups in total. The zero-order valence-corrected chi connectivity index (χ0v) is 8.14. The topological polar surface area (TPSA) is 3.24 Å². The molecule has 1 rings (SSSR count). The third-order valence-electron chi connectivity index (χ3n) is 1.46. The molecule has 0 amide bonds. The maximum atomic E-state index is 2.53. The van der Waals surface area contributed by atoms with Gasteiger partial charge in [-0.1, -0.05) is 6.92 Å². The molecule has 10 heavy (non-hydrogen) atoms. The minimum atomic E-state index is 1.25. The van der Waals surface area contributed by atoms with Gasteiger partial charge in [0.2, 0.25) is 0 Å². The summed E-state index contributed by atoms with van der Waals surface area (Å²) in [5.41, 5.74) is 0. The predicted molar refractivity (Wildman–Crippen MR) is 51.6 cm³/mol. The average molecular weight is 177 g/mol. The quantitative estimate of drug-likeness (QED) is 0.636. The first-order valence-corrected chi connectivity index (χ1v) is 6.12. The van der Waals surface area contributed by atoms with Crippen molar-refractivity contribution in [1.82, 2.24) is 4.90 Å². The highest BCUT2D eigenvalue weighted by atomic mass is 32.2. The van der Waals surface area contributed by atoms with Crippen molar-refractivity contribution in [3.8, 4) is 0 Å². The maximum Gasteiger partial charge on any atom is 0.0452 e. The van der Waals surface area contributed by atoms with Gasteiger partial charge >= 0.3 is 0 Å². The van der Waals surface area contributed by atoms with Gasteiger partial charge in [0, 0.05) is 23.3 Å². The fraction of sp³-hybridized carbons (Fsp3) is 1.00. The minimum Gasteiger partial charge on any atom is -0.285 e. The Morgan fingerprint density at radius 3 is 2.30 bits per heavy atom. The van der Waals surface area contributed by atoms with E-state index in [0.29, 0.717) is 0 Å². The molecule has 0 atom stereocenters. The number of hydrogen-bond acceptors (Lipinski definition) is 3. The van der Waals surface area contributed by atoms with E-state index in [4.69, 9.17) is 0 Å². The molecule has 0 saturated carbocycles. The van der Waals surface area contributed by atoms with E-state index in [2.05, 4.69) is 35.3 Å². The highest BCUT2D eigenvalue weighted by Gasteiger charge is 2.06. The van der Waals surface area contributed by atoms with Gasteiger partial charge in [0.25, 0.3) is 0 Å². The molecular weight excluding hydrogens is 162 g/mol. The first-order chi connectivity index (χ1) is 4.93. The Morgan fingerprint density at radius 1 is 1.20 bits per heavy atom. The molecule has 1 heterocycles. The van der Waals surface area contributed by atoms with E-state index < -0.39 is 0 Å². The zero-order valence-electron chi connectivity index (χ0n) is 6.51. The van der Waals surface area contributed by atoms with Gasteiger partial charge in [0.05, 0.1) is 0 Å². The van der Waals surface area contributed by atoms with E-state index in [9.17, 15) is 0 Å². The largest absolute Gasteiger partial charge is 0.285 e. The maximum absolute atomic E-state index is 2.53. The van der Waals surface area contributed by atoms with Crippen LogP contribution in [0.5, 0.6) is 0 Å². The van der Waals surface area contributed by atoms with Crippen LogP contribution in [-0.2, 0) is 0 Å². The normalized spacial score (nSPS) is 22.5. The standard InChI is InChI=1S/C7H15NS2/c1-2-3-8-6-9-4-5-10-7-8/h2-7H2,1H3. The lowest BCUT2D eigenvalue weighted by Crippen LogP contribution is -2.22. The lowest BCUT2D eigenvalue weighted by Gasteiger charge is -2.16. The molecule has 1 saturated heterocycles. The van der Waals surface area contributed by atoms with Gasteiger partial charge in [-0.15, -0.1) is 23.5 Å². The zero-order chi connectivity index (χ0) is 7.23. The Hall–Kier alpha value is 0.660. The smallest absolute Gasteiger partial charge is 0.0452 e. The van der Waals surface area contributed by atoms with E-state index in [-0.39, 0.29) is 0 Å². The van der Waals surface area contributed by atoms with Crippen LogP contribution in [0.4, 0.5) is 0 Å². The van der Waals surface area contributed by atoms with Crippen molar-refractivity contribution in [2.45, 2.75) is 13.3 Å². The molecule has 1 fully saturated rings. The molecule has 1 nitrogen and oxygen atoms in total. The van der Waals surface area contributed by atoms with Crippen LogP contribution in [0.2, 0.25) is 0 Å². The van der Waals surface area contributed by atoms with Crippen LogP contribution in [-0.4, -0.2) is 34.7 Å². The highest BCUT2D eigenvalue weighted by Crippen LogP contribution is 2.16. The molecule has 0 bridgehead atoms. The van der Waals surface area contributed by atoms with Crippen LogP contribution in [0.3, 0.4) is 0 Å². The van der Waals surface area contributed by atoms with E-state index in [1.54, 1.807) is 0 Å². The Morgan fingerprint density at radius 2 is 1.80 bits per heavy atom. The first-order valence-electron chi connectivity index (χ1n) is 3.81. The van der Waals surface area contributed by atoms with Crippen LogP contribution in [0.25, 0.3) is 0 Å². The van der Waals surface area contributed by atoms with Gasteiger partial charge in [-0.05, 0) is 13.0 Å². The SMILES string of the molecule is CCCN1CSCCSC1. The molecule has 1 aliphatic heterocycles. The Balaban J connectivity index is 2.15. The summed E-state index contributed by atoms with van der Waals surface area (Å²) in [5, 5.41) is 0. The summed E-state index contributed by atoms with van der Waals surface area (Å²) in [7, 11) is 0. The van der Waals surface area contributed by atoms with Crippen LogP contribution >= 0.6 is 23.5 Å². The second-order valence-corrected chi connectivity index (χ2v) is 4.62. The molecular formula is C7H15NS2. The second kappa shape index (κ2) is 5.33. The van der Waals surface area contributed by atoms with Crippen LogP contribution in [0.1, 0.15) is 13.3 Å². The van der Waals surface area contributed by atoms with Crippen molar-refractivity contribution in [1.29, 1.82) is 0 Å². The number of rotatable bonds is 2. The van der Waals surface area contributed by atoms with Gasteiger partial charge in [0.1, 0.15) is 0 Å². The van der Waals surface area contributed by atoms with Crippen LogP contribution < -0.4 is 0 Å². The van der Waals surface area contributed by atoms with Gasteiger partial charge in [-0.2, -0.15) is 0 Å². The number of hydrogen-bond donors (Lipinski definition) is 0. The summed E-state index contributed by atoms with van der Waals surface area (Å²) in [4.78, 5) is 2.53. The van der Waals surface area contributed by atoms with Crippen molar-refractivity contribution in [2.75, 3.05) is 29.8 Å². The van der Waals surface area contributed by atoms with Crippen molar-refractivity contribution in [3.05, 3.63) is 0 Å². The molecule has 60 valence electrons. The Bertz CT molecular complexity index is 79.7.